The van der Waals surface area contributed by atoms with Gasteiger partial charge in [-0.05, 0) is 41.0 Å². The van der Waals surface area contributed by atoms with Crippen LogP contribution in [0.5, 0.6) is 0 Å². The first kappa shape index (κ1) is 20.3. The average molecular weight is 415 g/mol. The molecule has 2 aromatic carbocycles. The maximum atomic E-state index is 14.1. The molecule has 2 aromatic rings. The molecule has 0 fully saturated rings. The standard InChI is InChI=1S/C18H13F4NO4S/c19-10-4-8(7-23)3-9(5-10)16(24)11-1-2-14(28(26,27)18(21)22)15-12(11)6-13(20)17(15)25/h1-5,13,16-18,24-25H,6H2/t13-,16+,17-/m1/s1. The monoisotopic (exact) mass is 415 g/mol. The first-order valence-corrected chi connectivity index (χ1v) is 9.51. The molecule has 0 aromatic heterocycles. The van der Waals surface area contributed by atoms with Crippen molar-refractivity contribution in [3.05, 3.63) is 64.0 Å². The van der Waals surface area contributed by atoms with E-state index in [0.29, 0.717) is 0 Å². The minimum Gasteiger partial charge on any atom is -0.385 e. The van der Waals surface area contributed by atoms with E-state index in [1.807, 2.05) is 0 Å². The summed E-state index contributed by atoms with van der Waals surface area (Å²) in [4.78, 5) is -0.918. The van der Waals surface area contributed by atoms with Crippen LogP contribution in [-0.2, 0) is 16.3 Å². The van der Waals surface area contributed by atoms with Crippen LogP contribution in [0.15, 0.2) is 35.2 Å². The molecule has 1 aliphatic rings. The Bertz CT molecular complexity index is 1080. The van der Waals surface area contributed by atoms with Crippen molar-refractivity contribution < 1.29 is 36.2 Å². The molecule has 0 saturated heterocycles. The first-order chi connectivity index (χ1) is 13.1. The number of nitriles is 1. The van der Waals surface area contributed by atoms with E-state index in [0.717, 1.165) is 24.3 Å². The van der Waals surface area contributed by atoms with Gasteiger partial charge >= 0.3 is 5.76 Å². The fourth-order valence-electron chi connectivity index (χ4n) is 3.31. The SMILES string of the molecule is N#Cc1cc(F)cc([C@H](O)c2ccc(S(=O)(=O)C(F)F)c3c2C[C@@H](F)[C@H]3O)c1. The number of halogens is 4. The van der Waals surface area contributed by atoms with Crippen molar-refractivity contribution in [1.29, 1.82) is 5.26 Å². The van der Waals surface area contributed by atoms with Crippen molar-refractivity contribution >= 4 is 9.84 Å². The summed E-state index contributed by atoms with van der Waals surface area (Å²) in [6, 6.07) is 6.52. The Morgan fingerprint density at radius 3 is 2.50 bits per heavy atom. The highest BCUT2D eigenvalue weighted by molar-refractivity contribution is 7.91. The molecule has 0 unspecified atom stereocenters. The second-order valence-corrected chi connectivity index (χ2v) is 8.19. The summed E-state index contributed by atoms with van der Waals surface area (Å²) < 4.78 is 77.5. The van der Waals surface area contributed by atoms with Gasteiger partial charge in [-0.2, -0.15) is 14.0 Å². The Kier molecular flexibility index (Phi) is 5.18. The molecule has 0 heterocycles. The van der Waals surface area contributed by atoms with Crippen LogP contribution < -0.4 is 0 Å². The molecule has 0 amide bonds. The van der Waals surface area contributed by atoms with E-state index in [1.54, 1.807) is 6.07 Å². The molecule has 5 nitrogen and oxygen atoms in total. The summed E-state index contributed by atoms with van der Waals surface area (Å²) in [5, 5.41) is 29.5. The second-order valence-electron chi connectivity index (χ2n) is 6.30. The number of hydrogen-bond acceptors (Lipinski definition) is 5. The molecule has 10 heteroatoms. The molecule has 2 N–H and O–H groups in total. The van der Waals surface area contributed by atoms with Gasteiger partial charge < -0.3 is 10.2 Å². The molecule has 3 atom stereocenters. The zero-order valence-corrected chi connectivity index (χ0v) is 14.8. The van der Waals surface area contributed by atoms with E-state index < -0.39 is 56.7 Å². The van der Waals surface area contributed by atoms with Gasteiger partial charge in [0.05, 0.1) is 16.5 Å². The number of aliphatic hydroxyl groups is 2. The van der Waals surface area contributed by atoms with E-state index in [-0.39, 0.29) is 22.3 Å². The van der Waals surface area contributed by atoms with Gasteiger partial charge in [-0.3, -0.25) is 0 Å². The number of alkyl halides is 3. The van der Waals surface area contributed by atoms with Crippen molar-refractivity contribution in [3.8, 4) is 6.07 Å². The maximum absolute atomic E-state index is 14.1. The highest BCUT2D eigenvalue weighted by Crippen LogP contribution is 2.43. The summed E-state index contributed by atoms with van der Waals surface area (Å²) in [6.07, 6.45) is -6.04. The molecule has 28 heavy (non-hydrogen) atoms. The lowest BCUT2D eigenvalue weighted by molar-refractivity contribution is 0.0906. The molecular weight excluding hydrogens is 402 g/mol. The smallest absolute Gasteiger partial charge is 0.341 e. The molecule has 0 aliphatic heterocycles. The fourth-order valence-corrected chi connectivity index (χ4v) is 4.31. The number of aliphatic hydroxyl groups excluding tert-OH is 2. The molecule has 3 rings (SSSR count). The van der Waals surface area contributed by atoms with Gasteiger partial charge in [0.25, 0.3) is 0 Å². The molecule has 1 aliphatic carbocycles. The minimum absolute atomic E-state index is 0.0694. The van der Waals surface area contributed by atoms with Crippen LogP contribution in [0.3, 0.4) is 0 Å². The summed E-state index contributed by atoms with van der Waals surface area (Å²) in [7, 11) is -5.13. The molecule has 0 radical (unpaired) electrons. The van der Waals surface area contributed by atoms with Crippen LogP contribution in [0.2, 0.25) is 0 Å². The van der Waals surface area contributed by atoms with Gasteiger partial charge in [-0.15, -0.1) is 0 Å². The molecular formula is C18H13F4NO4S. The third-order valence-electron chi connectivity index (χ3n) is 4.59. The predicted molar refractivity (Wildman–Crippen MR) is 88.4 cm³/mol. The number of rotatable bonds is 4. The lowest BCUT2D eigenvalue weighted by Gasteiger charge is -2.19. The first-order valence-electron chi connectivity index (χ1n) is 7.96. The van der Waals surface area contributed by atoms with Gasteiger partial charge in [0.15, 0.2) is 0 Å². The summed E-state index contributed by atoms with van der Waals surface area (Å²) in [5.74, 6) is -4.59. The van der Waals surface area contributed by atoms with Crippen LogP contribution in [0.4, 0.5) is 17.6 Å². The van der Waals surface area contributed by atoms with Crippen LogP contribution in [-0.4, -0.2) is 30.6 Å². The summed E-state index contributed by atoms with van der Waals surface area (Å²) in [5.41, 5.74) is -0.916. The Labute approximate surface area is 157 Å². The van der Waals surface area contributed by atoms with E-state index in [2.05, 4.69) is 0 Å². The van der Waals surface area contributed by atoms with Gasteiger partial charge in [0.2, 0.25) is 9.84 Å². The molecule has 0 saturated carbocycles. The molecule has 148 valence electrons. The van der Waals surface area contributed by atoms with Gasteiger partial charge in [0, 0.05) is 12.0 Å². The minimum atomic E-state index is -5.13. The third-order valence-corrected chi connectivity index (χ3v) is 6.03. The van der Waals surface area contributed by atoms with E-state index in [1.165, 1.54) is 6.07 Å². The lowest BCUT2D eigenvalue weighted by atomic mass is 9.93. The molecule has 0 bridgehead atoms. The van der Waals surface area contributed by atoms with Crippen molar-refractivity contribution in [3.63, 3.8) is 0 Å². The van der Waals surface area contributed by atoms with Crippen molar-refractivity contribution in [2.75, 3.05) is 0 Å². The van der Waals surface area contributed by atoms with Gasteiger partial charge in [0.1, 0.15) is 24.2 Å². The Balaban J connectivity index is 2.20. The van der Waals surface area contributed by atoms with Gasteiger partial charge in [-0.1, -0.05) is 6.07 Å². The predicted octanol–water partition coefficient (Wildman–Crippen LogP) is 2.70. The number of nitrogens with zero attached hydrogens (tertiary/aromatic N) is 1. The van der Waals surface area contributed by atoms with E-state index >= 15 is 0 Å². The van der Waals surface area contributed by atoms with Crippen LogP contribution in [0.25, 0.3) is 0 Å². The third kappa shape index (κ3) is 3.26. The number of fused-ring (bicyclic) bond motifs is 1. The highest BCUT2D eigenvalue weighted by atomic mass is 32.2. The van der Waals surface area contributed by atoms with E-state index in [9.17, 15) is 36.2 Å². The zero-order valence-electron chi connectivity index (χ0n) is 14.0. The van der Waals surface area contributed by atoms with Crippen molar-refractivity contribution in [2.45, 2.75) is 35.5 Å². The van der Waals surface area contributed by atoms with Crippen LogP contribution in [0.1, 0.15) is 40.0 Å². The topological polar surface area (TPSA) is 98.4 Å². The fraction of sp³-hybridized carbons (Fsp3) is 0.278. The van der Waals surface area contributed by atoms with Crippen LogP contribution >= 0.6 is 0 Å². The number of benzene rings is 2. The zero-order chi connectivity index (χ0) is 20.8. The highest BCUT2D eigenvalue weighted by Gasteiger charge is 2.41. The van der Waals surface area contributed by atoms with Crippen molar-refractivity contribution in [2.24, 2.45) is 0 Å². The maximum Gasteiger partial charge on any atom is 0.341 e. The Morgan fingerprint density at radius 1 is 1.21 bits per heavy atom. The second kappa shape index (κ2) is 7.16. The quantitative estimate of drug-likeness (QED) is 0.749. The average Bonchev–Trinajstić information content (AvgIpc) is 2.94. The summed E-state index contributed by atoms with van der Waals surface area (Å²) in [6.45, 7) is 0. The Hall–Kier alpha value is -2.48. The summed E-state index contributed by atoms with van der Waals surface area (Å²) >= 11 is 0. The van der Waals surface area contributed by atoms with E-state index in [4.69, 9.17) is 5.26 Å². The molecule has 0 spiro atoms. The Morgan fingerprint density at radius 2 is 1.89 bits per heavy atom. The number of hydrogen-bond donors (Lipinski definition) is 2. The van der Waals surface area contributed by atoms with Crippen molar-refractivity contribution in [1.82, 2.24) is 0 Å². The lowest BCUT2D eigenvalue weighted by Crippen LogP contribution is -2.17. The van der Waals surface area contributed by atoms with Crippen LogP contribution in [0, 0.1) is 17.1 Å². The normalized spacial score (nSPS) is 20.1. The van der Waals surface area contributed by atoms with Gasteiger partial charge in [-0.25, -0.2) is 17.2 Å². The number of sulfone groups is 1. The largest absolute Gasteiger partial charge is 0.385 e.